The van der Waals surface area contributed by atoms with Gasteiger partial charge in [-0.15, -0.1) is 0 Å². The molecule has 21 heavy (non-hydrogen) atoms. The van der Waals surface area contributed by atoms with Gasteiger partial charge in [-0.25, -0.2) is 4.39 Å². The maximum Gasteiger partial charge on any atom is 0.163 e. The van der Waals surface area contributed by atoms with Crippen molar-refractivity contribution in [1.29, 1.82) is 5.26 Å². The molecule has 0 radical (unpaired) electrons. The number of aliphatic imine (C=N–C) groups is 1. The molecule has 0 saturated heterocycles. The number of aromatic nitrogens is 2. The monoisotopic (exact) mass is 284 g/mol. The van der Waals surface area contributed by atoms with Crippen LogP contribution in [-0.4, -0.2) is 15.6 Å². The van der Waals surface area contributed by atoms with Gasteiger partial charge in [0.15, 0.2) is 5.69 Å². The highest BCUT2D eigenvalue weighted by Crippen LogP contribution is 2.34. The minimum absolute atomic E-state index is 0.222. The first-order valence-corrected chi connectivity index (χ1v) is 6.32. The summed E-state index contributed by atoms with van der Waals surface area (Å²) >= 11 is 0. The van der Waals surface area contributed by atoms with Crippen molar-refractivity contribution >= 4 is 11.5 Å². The number of rotatable bonds is 1. The summed E-state index contributed by atoms with van der Waals surface area (Å²) in [5.41, 5.74) is 12.4. The Morgan fingerprint density at radius 2 is 2.14 bits per heavy atom. The molecule has 106 valence electrons. The van der Waals surface area contributed by atoms with Crippen molar-refractivity contribution < 1.29 is 4.39 Å². The van der Waals surface area contributed by atoms with Crippen molar-refractivity contribution in [2.45, 2.75) is 19.0 Å². The molecule has 7 heteroatoms. The zero-order valence-electron chi connectivity index (χ0n) is 11.3. The summed E-state index contributed by atoms with van der Waals surface area (Å²) in [5.74, 6) is -0.182. The first kappa shape index (κ1) is 13.1. The van der Waals surface area contributed by atoms with Crippen molar-refractivity contribution in [3.8, 4) is 6.07 Å². The van der Waals surface area contributed by atoms with Crippen LogP contribution in [0.15, 0.2) is 29.3 Å². The molecule has 2 heterocycles. The second kappa shape index (κ2) is 4.31. The second-order valence-electron chi connectivity index (χ2n) is 5.19. The summed E-state index contributed by atoms with van der Waals surface area (Å²) in [6.07, 6.45) is 0. The van der Waals surface area contributed by atoms with Crippen molar-refractivity contribution in [3.63, 3.8) is 0 Å². The molecule has 3 rings (SSSR count). The topological polar surface area (TPSA) is 106 Å². The van der Waals surface area contributed by atoms with Crippen molar-refractivity contribution in [2.24, 2.45) is 10.7 Å². The van der Waals surface area contributed by atoms with Crippen molar-refractivity contribution in [3.05, 3.63) is 47.0 Å². The summed E-state index contributed by atoms with van der Waals surface area (Å²) in [6, 6.07) is 7.86. The Kier molecular flexibility index (Phi) is 2.69. The number of benzene rings is 1. The summed E-state index contributed by atoms with van der Waals surface area (Å²) in [5, 5.41) is 13.1. The number of halogens is 1. The van der Waals surface area contributed by atoms with Gasteiger partial charge in [0.25, 0.3) is 0 Å². The fourth-order valence-electron chi connectivity index (χ4n) is 2.55. The molecule has 1 unspecified atom stereocenters. The number of nitrogens with zero attached hydrogens (tertiary/aromatic N) is 4. The van der Waals surface area contributed by atoms with Gasteiger partial charge in [0, 0.05) is 17.3 Å². The van der Waals surface area contributed by atoms with E-state index in [4.69, 9.17) is 16.7 Å². The van der Waals surface area contributed by atoms with E-state index in [1.807, 2.05) is 6.07 Å². The van der Waals surface area contributed by atoms with Crippen LogP contribution in [0.3, 0.4) is 0 Å². The Bertz CT molecular complexity index is 800. The Morgan fingerprint density at radius 1 is 1.38 bits per heavy atom. The van der Waals surface area contributed by atoms with Crippen LogP contribution in [-0.2, 0) is 12.1 Å². The van der Waals surface area contributed by atoms with E-state index in [9.17, 15) is 4.39 Å². The number of nitriles is 1. The van der Waals surface area contributed by atoms with E-state index in [1.165, 1.54) is 12.1 Å². The van der Waals surface area contributed by atoms with Gasteiger partial charge < -0.3 is 11.5 Å². The lowest BCUT2D eigenvalue weighted by Crippen LogP contribution is -2.37. The molecule has 1 atom stereocenters. The third-order valence-corrected chi connectivity index (χ3v) is 3.55. The lowest BCUT2D eigenvalue weighted by atomic mass is 9.90. The molecule has 0 aliphatic carbocycles. The van der Waals surface area contributed by atoms with Crippen LogP contribution in [0.25, 0.3) is 0 Å². The predicted molar refractivity (Wildman–Crippen MR) is 75.8 cm³/mol. The molecule has 1 aromatic carbocycles. The van der Waals surface area contributed by atoms with Gasteiger partial charge in [-0.3, -0.25) is 9.67 Å². The molecule has 2 aromatic rings. The van der Waals surface area contributed by atoms with Gasteiger partial charge in [-0.05, 0) is 25.1 Å². The zero-order chi connectivity index (χ0) is 15.2. The smallest absolute Gasteiger partial charge is 0.163 e. The minimum atomic E-state index is -0.921. The maximum atomic E-state index is 14.1. The fraction of sp³-hybridized carbons (Fsp3) is 0.214. The molecule has 1 aliphatic rings. The maximum absolute atomic E-state index is 14.1. The Hall–Kier alpha value is -2.88. The van der Waals surface area contributed by atoms with E-state index in [2.05, 4.69) is 10.1 Å². The lowest BCUT2D eigenvalue weighted by Gasteiger charge is -2.31. The summed E-state index contributed by atoms with van der Waals surface area (Å²) in [6.45, 7) is 2.04. The first-order chi connectivity index (χ1) is 9.93. The molecule has 0 amide bonds. The van der Waals surface area contributed by atoms with Gasteiger partial charge in [0.1, 0.15) is 29.0 Å². The van der Waals surface area contributed by atoms with Crippen LogP contribution in [0.1, 0.15) is 23.9 Å². The largest absolute Gasteiger partial charge is 0.399 e. The highest BCUT2D eigenvalue weighted by molar-refractivity contribution is 5.97. The third-order valence-electron chi connectivity index (χ3n) is 3.55. The number of fused-ring (bicyclic) bond motifs is 1. The minimum Gasteiger partial charge on any atom is -0.399 e. The SMILES string of the molecule is CC1(c2cc(N)ccc2F)Cn2nc(C#N)cc2C(N)=N1. The molecule has 0 saturated carbocycles. The quantitative estimate of drug-likeness (QED) is 0.765. The second-order valence-corrected chi connectivity index (χ2v) is 5.19. The van der Waals surface area contributed by atoms with E-state index < -0.39 is 11.4 Å². The number of hydrogen-bond acceptors (Lipinski definition) is 5. The van der Waals surface area contributed by atoms with Crippen molar-refractivity contribution in [2.75, 3.05) is 5.73 Å². The molecular weight excluding hydrogens is 271 g/mol. The molecule has 4 N–H and O–H groups in total. The van der Waals surface area contributed by atoms with Gasteiger partial charge in [0.05, 0.1) is 6.54 Å². The number of anilines is 1. The summed E-state index contributed by atoms with van der Waals surface area (Å²) in [4.78, 5) is 4.40. The first-order valence-electron chi connectivity index (χ1n) is 6.32. The zero-order valence-corrected chi connectivity index (χ0v) is 11.3. The van der Waals surface area contributed by atoms with E-state index in [0.29, 0.717) is 16.9 Å². The number of nitrogens with two attached hydrogens (primary N) is 2. The molecule has 1 aromatic heterocycles. The van der Waals surface area contributed by atoms with Crippen LogP contribution in [0.5, 0.6) is 0 Å². The number of hydrogen-bond donors (Lipinski definition) is 2. The van der Waals surface area contributed by atoms with E-state index in [0.717, 1.165) is 0 Å². The van der Waals surface area contributed by atoms with Crippen LogP contribution >= 0.6 is 0 Å². The normalized spacial score (nSPS) is 20.5. The fourth-order valence-corrected chi connectivity index (χ4v) is 2.55. The van der Waals surface area contributed by atoms with E-state index >= 15 is 0 Å². The molecule has 0 spiro atoms. The molecule has 0 fully saturated rings. The number of nitrogen functional groups attached to an aromatic ring is 1. The van der Waals surface area contributed by atoms with Gasteiger partial charge in [0.2, 0.25) is 0 Å². The predicted octanol–water partition coefficient (Wildman–Crippen LogP) is 1.11. The lowest BCUT2D eigenvalue weighted by molar-refractivity contribution is 0.363. The number of amidine groups is 1. The molecule has 1 aliphatic heterocycles. The van der Waals surface area contributed by atoms with E-state index in [-0.39, 0.29) is 18.1 Å². The molecular formula is C14H13FN6. The Morgan fingerprint density at radius 3 is 2.86 bits per heavy atom. The Labute approximate surface area is 120 Å². The summed E-state index contributed by atoms with van der Waals surface area (Å²) in [7, 11) is 0. The standard InChI is InChI=1S/C14H13FN6/c1-14(10-4-8(17)2-3-11(10)15)7-21-12(13(18)19-14)5-9(6-16)20-21/h2-5H,7,17H2,1H3,(H2,18,19). The highest BCUT2D eigenvalue weighted by atomic mass is 19.1. The summed E-state index contributed by atoms with van der Waals surface area (Å²) < 4.78 is 15.7. The highest BCUT2D eigenvalue weighted by Gasteiger charge is 2.35. The van der Waals surface area contributed by atoms with Gasteiger partial charge in [-0.2, -0.15) is 10.4 Å². The average Bonchev–Trinajstić information content (AvgIpc) is 2.84. The van der Waals surface area contributed by atoms with E-state index in [1.54, 1.807) is 23.7 Å². The third kappa shape index (κ3) is 2.01. The molecule has 6 nitrogen and oxygen atoms in total. The molecule has 0 bridgehead atoms. The van der Waals surface area contributed by atoms with Crippen molar-refractivity contribution in [1.82, 2.24) is 9.78 Å². The van der Waals surface area contributed by atoms with Gasteiger partial charge in [-0.1, -0.05) is 0 Å². The van der Waals surface area contributed by atoms with Gasteiger partial charge >= 0.3 is 0 Å². The van der Waals surface area contributed by atoms with Crippen LogP contribution in [0.2, 0.25) is 0 Å². The Balaban J connectivity index is 2.14. The van der Waals surface area contributed by atoms with Crippen LogP contribution in [0.4, 0.5) is 10.1 Å². The van der Waals surface area contributed by atoms with Crippen LogP contribution < -0.4 is 11.5 Å². The van der Waals surface area contributed by atoms with Crippen LogP contribution in [0, 0.1) is 17.1 Å². The average molecular weight is 284 g/mol.